The number of aryl methyl sites for hydroxylation is 2. The maximum absolute atomic E-state index is 12.7. The van der Waals surface area contributed by atoms with E-state index in [2.05, 4.69) is 14.7 Å². The Hall–Kier alpha value is -2.62. The smallest absolute Gasteiger partial charge is 0.251 e. The van der Waals surface area contributed by atoms with E-state index in [-0.39, 0.29) is 16.5 Å². The fraction of sp³-hybridized carbons (Fsp3) is 0.250. The molecule has 29 heavy (non-hydrogen) atoms. The van der Waals surface area contributed by atoms with Crippen LogP contribution in [0.15, 0.2) is 46.9 Å². The Morgan fingerprint density at radius 1 is 1.17 bits per heavy atom. The zero-order valence-corrected chi connectivity index (χ0v) is 18.3. The molecule has 0 fully saturated rings. The largest absolute Gasteiger partial charge is 0.291 e. The molecule has 0 radical (unpaired) electrons. The van der Waals surface area contributed by atoms with Crippen molar-refractivity contribution in [1.82, 2.24) is 14.7 Å². The van der Waals surface area contributed by atoms with Gasteiger partial charge in [0.25, 0.3) is 10.0 Å². The van der Waals surface area contributed by atoms with Gasteiger partial charge in [0.1, 0.15) is 0 Å². The summed E-state index contributed by atoms with van der Waals surface area (Å²) in [4.78, 5) is 22.5. The highest BCUT2D eigenvalue weighted by Gasteiger charge is 2.23. The number of hydrogen-bond acceptors (Lipinski definition) is 6. The van der Waals surface area contributed by atoms with Crippen LogP contribution in [-0.4, -0.2) is 38.4 Å². The van der Waals surface area contributed by atoms with Gasteiger partial charge in [0, 0.05) is 25.0 Å². The molecule has 0 atom stereocenters. The summed E-state index contributed by atoms with van der Waals surface area (Å²) in [6, 6.07) is 9.73. The standard InChI is InChI=1S/C20H22N4O3S2/c1-13-9-10-22-12-17(13)16-7-5-15(6-8-16)11-18(25)24(4)20-23-14(2)19(28-20)29(26,27)21-3/h5-10,12,21H,11H2,1-4H3. The predicted molar refractivity (Wildman–Crippen MR) is 115 cm³/mol. The molecule has 0 spiro atoms. The van der Waals surface area contributed by atoms with Crippen LogP contribution in [0.3, 0.4) is 0 Å². The summed E-state index contributed by atoms with van der Waals surface area (Å²) in [6.07, 6.45) is 3.77. The third-order valence-corrected chi connectivity index (χ3v) is 7.83. The molecule has 0 aliphatic carbocycles. The molecule has 2 heterocycles. The third kappa shape index (κ3) is 4.52. The summed E-state index contributed by atoms with van der Waals surface area (Å²) in [7, 11) is -0.650. The van der Waals surface area contributed by atoms with E-state index in [1.807, 2.05) is 43.5 Å². The van der Waals surface area contributed by atoms with Crippen LogP contribution >= 0.6 is 11.3 Å². The molecule has 0 saturated carbocycles. The van der Waals surface area contributed by atoms with Crippen LogP contribution < -0.4 is 9.62 Å². The molecule has 3 rings (SSSR count). The van der Waals surface area contributed by atoms with E-state index in [0.717, 1.165) is 33.6 Å². The van der Waals surface area contributed by atoms with Crippen molar-refractivity contribution >= 4 is 32.4 Å². The highest BCUT2D eigenvalue weighted by Crippen LogP contribution is 2.29. The second-order valence-electron chi connectivity index (χ2n) is 6.59. The van der Waals surface area contributed by atoms with Crippen molar-refractivity contribution in [3.8, 4) is 11.1 Å². The molecular weight excluding hydrogens is 408 g/mol. The minimum atomic E-state index is -3.60. The minimum absolute atomic E-state index is 0.117. The van der Waals surface area contributed by atoms with Gasteiger partial charge >= 0.3 is 0 Å². The first-order valence-corrected chi connectivity index (χ1v) is 11.2. The molecule has 7 nitrogen and oxygen atoms in total. The van der Waals surface area contributed by atoms with Gasteiger partial charge in [-0.2, -0.15) is 0 Å². The van der Waals surface area contributed by atoms with E-state index < -0.39 is 10.0 Å². The van der Waals surface area contributed by atoms with Crippen LogP contribution in [0.5, 0.6) is 0 Å². The topological polar surface area (TPSA) is 92.3 Å². The fourth-order valence-electron chi connectivity index (χ4n) is 2.82. The predicted octanol–water partition coefficient (Wildman–Crippen LogP) is 2.94. The molecule has 3 aromatic rings. The first-order chi connectivity index (χ1) is 13.7. The second-order valence-corrected chi connectivity index (χ2v) is 9.65. The summed E-state index contributed by atoms with van der Waals surface area (Å²) in [5.41, 5.74) is 4.46. The van der Waals surface area contributed by atoms with E-state index in [9.17, 15) is 13.2 Å². The molecule has 0 unspecified atom stereocenters. The highest BCUT2D eigenvalue weighted by molar-refractivity contribution is 7.91. The van der Waals surface area contributed by atoms with E-state index in [4.69, 9.17) is 0 Å². The first-order valence-electron chi connectivity index (χ1n) is 8.90. The van der Waals surface area contributed by atoms with Crippen LogP contribution in [0, 0.1) is 13.8 Å². The van der Waals surface area contributed by atoms with Crippen LogP contribution in [0.25, 0.3) is 11.1 Å². The summed E-state index contributed by atoms with van der Waals surface area (Å²) in [5, 5.41) is 0.351. The normalized spacial score (nSPS) is 11.4. The number of carbonyl (C=O) groups is 1. The monoisotopic (exact) mass is 430 g/mol. The van der Waals surface area contributed by atoms with Gasteiger partial charge in [-0.15, -0.1) is 0 Å². The quantitative estimate of drug-likeness (QED) is 0.649. The van der Waals surface area contributed by atoms with E-state index in [1.165, 1.54) is 11.9 Å². The Kier molecular flexibility index (Phi) is 6.11. The van der Waals surface area contributed by atoms with Crippen LogP contribution in [0.1, 0.15) is 16.8 Å². The van der Waals surface area contributed by atoms with Crippen molar-refractivity contribution in [2.75, 3.05) is 19.0 Å². The zero-order valence-electron chi connectivity index (χ0n) is 16.6. The van der Waals surface area contributed by atoms with Crippen LogP contribution in [0.4, 0.5) is 5.13 Å². The Labute approximate surface area is 174 Å². The van der Waals surface area contributed by atoms with Crippen molar-refractivity contribution in [2.24, 2.45) is 0 Å². The number of pyridine rings is 1. The van der Waals surface area contributed by atoms with Gasteiger partial charge in [0.15, 0.2) is 9.34 Å². The number of rotatable bonds is 6. The molecule has 0 saturated heterocycles. The lowest BCUT2D eigenvalue weighted by atomic mass is 10.0. The number of thiazole rings is 1. The van der Waals surface area contributed by atoms with Crippen molar-refractivity contribution in [1.29, 1.82) is 0 Å². The molecule has 1 aromatic carbocycles. The van der Waals surface area contributed by atoms with Crippen molar-refractivity contribution in [3.63, 3.8) is 0 Å². The van der Waals surface area contributed by atoms with E-state index >= 15 is 0 Å². The van der Waals surface area contributed by atoms with Crippen molar-refractivity contribution < 1.29 is 13.2 Å². The van der Waals surface area contributed by atoms with E-state index in [0.29, 0.717) is 10.8 Å². The maximum atomic E-state index is 12.7. The average Bonchev–Trinajstić information content (AvgIpc) is 3.11. The Balaban J connectivity index is 1.75. The van der Waals surface area contributed by atoms with Gasteiger partial charge in [0.05, 0.1) is 12.1 Å². The van der Waals surface area contributed by atoms with Crippen LogP contribution in [0.2, 0.25) is 0 Å². The minimum Gasteiger partial charge on any atom is -0.291 e. The number of anilines is 1. The van der Waals surface area contributed by atoms with Crippen LogP contribution in [-0.2, 0) is 21.2 Å². The number of nitrogens with zero attached hydrogens (tertiary/aromatic N) is 3. The van der Waals surface area contributed by atoms with Gasteiger partial charge in [-0.1, -0.05) is 35.6 Å². The molecule has 9 heteroatoms. The number of sulfonamides is 1. The third-order valence-electron chi connectivity index (χ3n) is 4.58. The lowest BCUT2D eigenvalue weighted by Crippen LogP contribution is -2.27. The number of likely N-dealkylation sites (N-methyl/N-ethyl adjacent to an activating group) is 1. The molecule has 0 aliphatic rings. The molecule has 1 N–H and O–H groups in total. The summed E-state index contributed by atoms with van der Waals surface area (Å²) < 4.78 is 26.5. The molecule has 0 bridgehead atoms. The summed E-state index contributed by atoms with van der Waals surface area (Å²) in [5.74, 6) is -0.169. The average molecular weight is 431 g/mol. The van der Waals surface area contributed by atoms with Gasteiger partial charge in [-0.25, -0.2) is 18.1 Å². The Morgan fingerprint density at radius 2 is 1.86 bits per heavy atom. The lowest BCUT2D eigenvalue weighted by Gasteiger charge is -2.14. The number of benzene rings is 1. The van der Waals surface area contributed by atoms with Gasteiger partial charge in [0.2, 0.25) is 5.91 Å². The first kappa shape index (κ1) is 21.1. The molecule has 0 aliphatic heterocycles. The molecule has 152 valence electrons. The lowest BCUT2D eigenvalue weighted by molar-refractivity contribution is -0.117. The summed E-state index contributed by atoms with van der Waals surface area (Å²) >= 11 is 0.976. The Morgan fingerprint density at radius 3 is 2.48 bits per heavy atom. The molecular formula is C20H22N4O3S2. The zero-order chi connectivity index (χ0) is 21.2. The Bertz CT molecular complexity index is 1140. The van der Waals surface area contributed by atoms with Gasteiger partial charge < -0.3 is 0 Å². The summed E-state index contributed by atoms with van der Waals surface area (Å²) in [6.45, 7) is 3.64. The number of aromatic nitrogens is 2. The van der Waals surface area contributed by atoms with Crippen molar-refractivity contribution in [2.45, 2.75) is 24.5 Å². The fourth-order valence-corrected chi connectivity index (χ4v) is 5.14. The SMILES string of the molecule is CNS(=O)(=O)c1sc(N(C)C(=O)Cc2ccc(-c3cnccc3C)cc2)nc1C. The second kappa shape index (κ2) is 8.40. The van der Waals surface area contributed by atoms with Crippen molar-refractivity contribution in [3.05, 3.63) is 59.5 Å². The highest BCUT2D eigenvalue weighted by atomic mass is 32.2. The van der Waals surface area contributed by atoms with Gasteiger partial charge in [-0.3, -0.25) is 14.7 Å². The number of nitrogens with one attached hydrogen (secondary N) is 1. The number of carbonyl (C=O) groups excluding carboxylic acids is 1. The molecule has 1 amide bonds. The van der Waals surface area contributed by atoms with E-state index in [1.54, 1.807) is 20.2 Å². The number of amides is 1. The molecule has 2 aromatic heterocycles. The maximum Gasteiger partial charge on any atom is 0.251 e. The van der Waals surface area contributed by atoms with Gasteiger partial charge in [-0.05, 0) is 43.7 Å². The number of hydrogen-bond donors (Lipinski definition) is 1.